The molecule has 0 atom stereocenters. The Morgan fingerprint density at radius 1 is 1.05 bits per heavy atom. The second-order valence-electron chi connectivity index (χ2n) is 4.69. The smallest absolute Gasteiger partial charge is 0.226 e. The zero-order valence-corrected chi connectivity index (χ0v) is 13.1. The summed E-state index contributed by atoms with van der Waals surface area (Å²) in [6, 6.07) is 12.8. The molecule has 0 unspecified atom stereocenters. The van der Waals surface area contributed by atoms with E-state index in [0.717, 1.165) is 16.9 Å². The van der Waals surface area contributed by atoms with E-state index in [1.54, 1.807) is 24.3 Å². The number of carbonyl (C=O) groups is 1. The van der Waals surface area contributed by atoms with Crippen LogP contribution in [0.2, 0.25) is 10.0 Å². The summed E-state index contributed by atoms with van der Waals surface area (Å²) < 4.78 is 0. The van der Waals surface area contributed by atoms with Crippen molar-refractivity contribution in [2.45, 2.75) is 13.3 Å². The number of rotatable bonds is 5. The highest BCUT2D eigenvalue weighted by Crippen LogP contribution is 2.20. The lowest BCUT2D eigenvalue weighted by Gasteiger charge is -2.10. The van der Waals surface area contributed by atoms with Crippen LogP contribution in [0.4, 0.5) is 11.4 Å². The van der Waals surface area contributed by atoms with E-state index >= 15 is 0 Å². The molecule has 1 amide bonds. The van der Waals surface area contributed by atoms with Crippen LogP contribution in [0.25, 0.3) is 0 Å². The Morgan fingerprint density at radius 2 is 1.71 bits per heavy atom. The first-order valence-electron chi connectivity index (χ1n) is 6.60. The molecule has 2 N–H and O–H groups in total. The summed E-state index contributed by atoms with van der Waals surface area (Å²) in [5.74, 6) is -0.0539. The average molecular weight is 323 g/mol. The van der Waals surface area contributed by atoms with Crippen LogP contribution in [0.5, 0.6) is 0 Å². The Morgan fingerprint density at radius 3 is 2.43 bits per heavy atom. The third kappa shape index (κ3) is 4.96. The number of aryl methyl sites for hydroxylation is 1. The van der Waals surface area contributed by atoms with Gasteiger partial charge in [0.25, 0.3) is 0 Å². The topological polar surface area (TPSA) is 41.1 Å². The molecule has 3 nitrogen and oxygen atoms in total. The van der Waals surface area contributed by atoms with E-state index < -0.39 is 0 Å². The predicted molar refractivity (Wildman–Crippen MR) is 89.4 cm³/mol. The summed E-state index contributed by atoms with van der Waals surface area (Å²) in [5.41, 5.74) is 2.67. The third-order valence-corrected chi connectivity index (χ3v) is 3.49. The number of carbonyl (C=O) groups excluding carboxylic acids is 1. The van der Waals surface area contributed by atoms with E-state index in [2.05, 4.69) is 10.6 Å². The molecule has 21 heavy (non-hydrogen) atoms. The molecule has 0 aliphatic rings. The van der Waals surface area contributed by atoms with Gasteiger partial charge in [0, 0.05) is 34.4 Å². The molecule has 0 radical (unpaired) electrons. The van der Waals surface area contributed by atoms with Gasteiger partial charge in [-0.05, 0) is 48.9 Å². The first-order valence-corrected chi connectivity index (χ1v) is 7.35. The number of nitrogens with one attached hydrogen (secondary N) is 2. The summed E-state index contributed by atoms with van der Waals surface area (Å²) in [5, 5.41) is 7.33. The van der Waals surface area contributed by atoms with Crippen molar-refractivity contribution in [3.05, 3.63) is 58.1 Å². The molecule has 2 rings (SSSR count). The Balaban J connectivity index is 1.82. The molecule has 0 aliphatic carbocycles. The fourth-order valence-electron chi connectivity index (χ4n) is 1.83. The monoisotopic (exact) mass is 322 g/mol. The second-order valence-corrected chi connectivity index (χ2v) is 5.56. The van der Waals surface area contributed by atoms with Gasteiger partial charge >= 0.3 is 0 Å². The maximum atomic E-state index is 11.9. The SMILES string of the molecule is Cc1ccc(Cl)cc1NC(=O)CCNc1ccc(Cl)cc1. The van der Waals surface area contributed by atoms with Gasteiger partial charge in [0.05, 0.1) is 0 Å². The molecule has 0 saturated heterocycles. The van der Waals surface area contributed by atoms with Gasteiger partial charge in [-0.2, -0.15) is 0 Å². The number of anilines is 2. The molecular weight excluding hydrogens is 307 g/mol. The largest absolute Gasteiger partial charge is 0.385 e. The fourth-order valence-corrected chi connectivity index (χ4v) is 2.13. The van der Waals surface area contributed by atoms with Crippen molar-refractivity contribution in [3.8, 4) is 0 Å². The van der Waals surface area contributed by atoms with E-state index in [-0.39, 0.29) is 5.91 Å². The molecule has 2 aromatic carbocycles. The minimum absolute atomic E-state index is 0.0539. The molecule has 0 aliphatic heterocycles. The lowest BCUT2D eigenvalue weighted by molar-refractivity contribution is -0.115. The minimum atomic E-state index is -0.0539. The molecule has 0 aromatic heterocycles. The molecular formula is C16H16Cl2N2O. The van der Waals surface area contributed by atoms with Gasteiger partial charge < -0.3 is 10.6 Å². The Kier molecular flexibility index (Phi) is 5.48. The highest BCUT2D eigenvalue weighted by Gasteiger charge is 2.05. The average Bonchev–Trinajstić information content (AvgIpc) is 2.45. The van der Waals surface area contributed by atoms with Gasteiger partial charge in [0.15, 0.2) is 0 Å². The zero-order chi connectivity index (χ0) is 15.2. The van der Waals surface area contributed by atoms with E-state index in [9.17, 15) is 4.79 Å². The summed E-state index contributed by atoms with van der Waals surface area (Å²) in [7, 11) is 0. The van der Waals surface area contributed by atoms with E-state index in [1.807, 2.05) is 25.1 Å². The molecule has 110 valence electrons. The maximum absolute atomic E-state index is 11.9. The summed E-state index contributed by atoms with van der Waals surface area (Å²) >= 11 is 11.7. The van der Waals surface area contributed by atoms with Gasteiger partial charge in [-0.15, -0.1) is 0 Å². The normalized spacial score (nSPS) is 10.2. The van der Waals surface area contributed by atoms with E-state index in [0.29, 0.717) is 23.0 Å². The van der Waals surface area contributed by atoms with Crippen LogP contribution < -0.4 is 10.6 Å². The highest BCUT2D eigenvalue weighted by atomic mass is 35.5. The fraction of sp³-hybridized carbons (Fsp3) is 0.188. The quantitative estimate of drug-likeness (QED) is 0.834. The Labute approximate surface area is 134 Å². The van der Waals surface area contributed by atoms with Crippen molar-refractivity contribution in [3.63, 3.8) is 0 Å². The summed E-state index contributed by atoms with van der Waals surface area (Å²) in [4.78, 5) is 11.9. The first-order chi connectivity index (χ1) is 10.0. The number of amides is 1. The lowest BCUT2D eigenvalue weighted by atomic mass is 10.2. The molecule has 5 heteroatoms. The number of hydrogen-bond acceptors (Lipinski definition) is 2. The molecule has 0 heterocycles. The molecule has 2 aromatic rings. The standard InChI is InChI=1S/C16H16Cl2N2O/c1-11-2-3-13(18)10-15(11)20-16(21)8-9-19-14-6-4-12(17)5-7-14/h2-7,10,19H,8-9H2,1H3,(H,20,21). The lowest BCUT2D eigenvalue weighted by Crippen LogP contribution is -2.16. The van der Waals surface area contributed by atoms with Gasteiger partial charge in [-0.3, -0.25) is 4.79 Å². The highest BCUT2D eigenvalue weighted by molar-refractivity contribution is 6.31. The second kappa shape index (κ2) is 7.34. The number of benzene rings is 2. The van der Waals surface area contributed by atoms with Gasteiger partial charge in [-0.1, -0.05) is 29.3 Å². The number of hydrogen-bond donors (Lipinski definition) is 2. The minimum Gasteiger partial charge on any atom is -0.385 e. The van der Waals surface area contributed by atoms with Crippen molar-refractivity contribution in [2.75, 3.05) is 17.2 Å². The van der Waals surface area contributed by atoms with Gasteiger partial charge in [-0.25, -0.2) is 0 Å². The van der Waals surface area contributed by atoms with Crippen LogP contribution in [-0.4, -0.2) is 12.5 Å². The Bertz CT molecular complexity index is 627. The van der Waals surface area contributed by atoms with Gasteiger partial charge in [0.2, 0.25) is 5.91 Å². The van der Waals surface area contributed by atoms with Crippen LogP contribution in [0.15, 0.2) is 42.5 Å². The molecule has 0 fully saturated rings. The van der Waals surface area contributed by atoms with Crippen LogP contribution >= 0.6 is 23.2 Å². The first kappa shape index (κ1) is 15.7. The summed E-state index contributed by atoms with van der Waals surface area (Å²) in [6.45, 7) is 2.48. The van der Waals surface area contributed by atoms with Crippen LogP contribution in [0.3, 0.4) is 0 Å². The van der Waals surface area contributed by atoms with Crippen LogP contribution in [0, 0.1) is 6.92 Å². The maximum Gasteiger partial charge on any atom is 0.226 e. The molecule has 0 saturated carbocycles. The van der Waals surface area contributed by atoms with E-state index in [1.165, 1.54) is 0 Å². The van der Waals surface area contributed by atoms with Crippen molar-refractivity contribution in [1.29, 1.82) is 0 Å². The third-order valence-electron chi connectivity index (χ3n) is 3.00. The molecule has 0 bridgehead atoms. The Hall–Kier alpha value is -1.71. The van der Waals surface area contributed by atoms with Gasteiger partial charge in [0.1, 0.15) is 0 Å². The van der Waals surface area contributed by atoms with Crippen molar-refractivity contribution in [1.82, 2.24) is 0 Å². The molecule has 0 spiro atoms. The zero-order valence-electron chi connectivity index (χ0n) is 11.6. The van der Waals surface area contributed by atoms with Crippen molar-refractivity contribution < 1.29 is 4.79 Å². The number of halogens is 2. The van der Waals surface area contributed by atoms with Crippen molar-refractivity contribution in [2.24, 2.45) is 0 Å². The van der Waals surface area contributed by atoms with E-state index in [4.69, 9.17) is 23.2 Å². The van der Waals surface area contributed by atoms with Crippen LogP contribution in [-0.2, 0) is 4.79 Å². The van der Waals surface area contributed by atoms with Crippen molar-refractivity contribution >= 4 is 40.5 Å². The van der Waals surface area contributed by atoms with Crippen LogP contribution in [0.1, 0.15) is 12.0 Å². The summed E-state index contributed by atoms with van der Waals surface area (Å²) in [6.07, 6.45) is 0.370. The predicted octanol–water partition coefficient (Wildman–Crippen LogP) is 4.74.